The summed E-state index contributed by atoms with van der Waals surface area (Å²) in [6.45, 7) is 0. The van der Waals surface area contributed by atoms with Gasteiger partial charge in [-0.1, -0.05) is 53.7 Å². The van der Waals surface area contributed by atoms with E-state index in [0.717, 1.165) is 21.9 Å². The third kappa shape index (κ3) is 3.32. The van der Waals surface area contributed by atoms with Gasteiger partial charge in [-0.15, -0.1) is 10.2 Å². The number of aromatic nitrogens is 3. The van der Waals surface area contributed by atoms with Crippen molar-refractivity contribution in [3.63, 3.8) is 0 Å². The van der Waals surface area contributed by atoms with Crippen LogP contribution in [-0.2, 0) is 12.2 Å². The van der Waals surface area contributed by atoms with Crippen molar-refractivity contribution in [2.75, 3.05) is 0 Å². The molecule has 2 aromatic heterocycles. The molecule has 2 aromatic carbocycles. The molecule has 0 bridgehead atoms. The predicted molar refractivity (Wildman–Crippen MR) is 96.4 cm³/mol. The Kier molecular flexibility index (Phi) is 4.28. The average Bonchev–Trinajstić information content (AvgIpc) is 3.22. The van der Waals surface area contributed by atoms with Crippen LogP contribution < -0.4 is 0 Å². The summed E-state index contributed by atoms with van der Waals surface area (Å²) in [4.78, 5) is 3.26. The molecule has 0 unspecified atom stereocenters. The van der Waals surface area contributed by atoms with Crippen LogP contribution in [0.2, 0.25) is 5.02 Å². The van der Waals surface area contributed by atoms with Crippen LogP contribution in [0, 0.1) is 0 Å². The third-order valence-electron chi connectivity index (χ3n) is 3.74. The first-order valence-corrected chi connectivity index (χ1v) is 8.89. The molecule has 4 aromatic rings. The maximum Gasteiger partial charge on any atom is 0.276 e. The molecule has 0 amide bonds. The molecule has 0 atom stereocenters. The van der Waals surface area contributed by atoms with E-state index in [0.29, 0.717) is 17.5 Å². The standard InChI is InChI=1S/C18H14ClN3OS/c19-14-7-5-12(6-8-14)11-24-18-22-21-17(23-18)9-13-10-20-16-4-2-1-3-15(13)16/h1-8,10,20H,9,11H2. The summed E-state index contributed by atoms with van der Waals surface area (Å²) in [5, 5.41) is 10.8. The van der Waals surface area contributed by atoms with E-state index >= 15 is 0 Å². The summed E-state index contributed by atoms with van der Waals surface area (Å²) in [6.07, 6.45) is 2.62. The van der Waals surface area contributed by atoms with Crippen molar-refractivity contribution >= 4 is 34.3 Å². The number of nitrogens with zero attached hydrogens (tertiary/aromatic N) is 2. The van der Waals surface area contributed by atoms with E-state index in [2.05, 4.69) is 27.3 Å². The Balaban J connectivity index is 1.44. The fraction of sp³-hybridized carbons (Fsp3) is 0.111. The largest absolute Gasteiger partial charge is 0.416 e. The van der Waals surface area contributed by atoms with Crippen LogP contribution in [0.5, 0.6) is 0 Å². The lowest BCUT2D eigenvalue weighted by Gasteiger charge is -1.98. The van der Waals surface area contributed by atoms with E-state index in [1.165, 1.54) is 22.7 Å². The van der Waals surface area contributed by atoms with Crippen molar-refractivity contribution in [3.8, 4) is 0 Å². The fourth-order valence-electron chi connectivity index (χ4n) is 2.53. The van der Waals surface area contributed by atoms with Crippen molar-refractivity contribution < 1.29 is 4.42 Å². The highest BCUT2D eigenvalue weighted by molar-refractivity contribution is 7.98. The Labute approximate surface area is 148 Å². The molecule has 0 spiro atoms. The average molecular weight is 356 g/mol. The van der Waals surface area contributed by atoms with Gasteiger partial charge in [0.15, 0.2) is 0 Å². The molecule has 0 aliphatic carbocycles. The van der Waals surface area contributed by atoms with Crippen molar-refractivity contribution in [1.29, 1.82) is 0 Å². The van der Waals surface area contributed by atoms with Crippen LogP contribution in [0.25, 0.3) is 10.9 Å². The molecular formula is C18H14ClN3OS. The van der Waals surface area contributed by atoms with Gasteiger partial charge in [-0.05, 0) is 29.3 Å². The van der Waals surface area contributed by atoms with Crippen LogP contribution in [0.4, 0.5) is 0 Å². The van der Waals surface area contributed by atoms with Gasteiger partial charge in [-0.3, -0.25) is 0 Å². The minimum absolute atomic E-state index is 0.583. The smallest absolute Gasteiger partial charge is 0.276 e. The molecule has 4 nitrogen and oxygen atoms in total. The Bertz CT molecular complexity index is 962. The van der Waals surface area contributed by atoms with E-state index < -0.39 is 0 Å². The molecule has 0 fully saturated rings. The normalized spacial score (nSPS) is 11.2. The first kappa shape index (κ1) is 15.3. The van der Waals surface area contributed by atoms with Crippen LogP contribution in [0.3, 0.4) is 0 Å². The second kappa shape index (κ2) is 6.71. The van der Waals surface area contributed by atoms with Crippen molar-refractivity contribution in [3.05, 3.63) is 76.8 Å². The minimum Gasteiger partial charge on any atom is -0.416 e. The number of hydrogen-bond acceptors (Lipinski definition) is 4. The summed E-state index contributed by atoms with van der Waals surface area (Å²) < 4.78 is 5.75. The van der Waals surface area contributed by atoms with E-state index in [1.54, 1.807) is 0 Å². The number of benzene rings is 2. The zero-order valence-corrected chi connectivity index (χ0v) is 14.3. The Morgan fingerprint density at radius 2 is 1.88 bits per heavy atom. The molecular weight excluding hydrogens is 342 g/mol. The number of hydrogen-bond donors (Lipinski definition) is 1. The Morgan fingerprint density at radius 3 is 2.75 bits per heavy atom. The molecule has 2 heterocycles. The van der Waals surface area contributed by atoms with Gasteiger partial charge in [0.1, 0.15) is 0 Å². The van der Waals surface area contributed by atoms with Gasteiger partial charge >= 0.3 is 0 Å². The maximum atomic E-state index is 5.89. The summed E-state index contributed by atoms with van der Waals surface area (Å²) in [5.41, 5.74) is 3.44. The quantitative estimate of drug-likeness (QED) is 0.507. The van der Waals surface area contributed by atoms with Crippen LogP contribution in [0.1, 0.15) is 17.0 Å². The van der Waals surface area contributed by atoms with Crippen molar-refractivity contribution in [2.45, 2.75) is 17.4 Å². The van der Waals surface area contributed by atoms with Crippen molar-refractivity contribution in [1.82, 2.24) is 15.2 Å². The number of nitrogens with one attached hydrogen (secondary N) is 1. The fourth-order valence-corrected chi connectivity index (χ4v) is 3.40. The van der Waals surface area contributed by atoms with Gasteiger partial charge in [-0.2, -0.15) is 0 Å². The molecule has 120 valence electrons. The molecule has 0 aliphatic heterocycles. The van der Waals surface area contributed by atoms with E-state index in [4.69, 9.17) is 16.0 Å². The molecule has 6 heteroatoms. The summed E-state index contributed by atoms with van der Waals surface area (Å²) >= 11 is 7.42. The molecule has 0 radical (unpaired) electrons. The number of rotatable bonds is 5. The predicted octanol–water partition coefficient (Wildman–Crippen LogP) is 5.09. The lowest BCUT2D eigenvalue weighted by molar-refractivity contribution is 0.420. The monoisotopic (exact) mass is 355 g/mol. The molecule has 0 saturated heterocycles. The van der Waals surface area contributed by atoms with Crippen LogP contribution in [-0.4, -0.2) is 15.2 Å². The van der Waals surface area contributed by atoms with E-state index in [-0.39, 0.29) is 0 Å². The van der Waals surface area contributed by atoms with Gasteiger partial charge in [0.2, 0.25) is 5.89 Å². The highest BCUT2D eigenvalue weighted by Crippen LogP contribution is 2.25. The highest BCUT2D eigenvalue weighted by atomic mass is 35.5. The zero-order valence-electron chi connectivity index (χ0n) is 12.7. The van der Waals surface area contributed by atoms with Gasteiger partial charge in [0.25, 0.3) is 5.22 Å². The summed E-state index contributed by atoms with van der Waals surface area (Å²) in [7, 11) is 0. The number of thioether (sulfide) groups is 1. The highest BCUT2D eigenvalue weighted by Gasteiger charge is 2.11. The second-order valence-corrected chi connectivity index (χ2v) is 6.78. The van der Waals surface area contributed by atoms with E-state index in [9.17, 15) is 0 Å². The molecule has 24 heavy (non-hydrogen) atoms. The summed E-state index contributed by atoms with van der Waals surface area (Å²) in [5.74, 6) is 1.39. The SMILES string of the molecule is Clc1ccc(CSc2nnc(Cc3c[nH]c4ccccc34)o2)cc1. The third-order valence-corrected chi connectivity index (χ3v) is 4.88. The van der Waals surface area contributed by atoms with Gasteiger partial charge in [0, 0.05) is 27.9 Å². The summed E-state index contributed by atoms with van der Waals surface area (Å²) in [6, 6.07) is 16.0. The van der Waals surface area contributed by atoms with Crippen molar-refractivity contribution in [2.24, 2.45) is 0 Å². The number of halogens is 1. The lowest BCUT2D eigenvalue weighted by atomic mass is 10.1. The van der Waals surface area contributed by atoms with Crippen LogP contribution in [0.15, 0.2) is 64.4 Å². The Hall–Kier alpha value is -2.24. The van der Waals surface area contributed by atoms with Crippen LogP contribution >= 0.6 is 23.4 Å². The molecule has 0 aliphatic rings. The molecule has 4 rings (SSSR count). The molecule has 0 saturated carbocycles. The molecule has 1 N–H and O–H groups in total. The minimum atomic E-state index is 0.583. The topological polar surface area (TPSA) is 54.7 Å². The van der Waals surface area contributed by atoms with Gasteiger partial charge in [0.05, 0.1) is 6.42 Å². The first-order valence-electron chi connectivity index (χ1n) is 7.52. The lowest BCUT2D eigenvalue weighted by Crippen LogP contribution is -1.86. The maximum absolute atomic E-state index is 5.89. The van der Waals surface area contributed by atoms with Gasteiger partial charge < -0.3 is 9.40 Å². The second-order valence-electron chi connectivity index (χ2n) is 5.41. The first-order chi connectivity index (χ1) is 11.8. The zero-order chi connectivity index (χ0) is 16.4. The number of aromatic amines is 1. The number of H-pyrrole nitrogens is 1. The Morgan fingerprint density at radius 1 is 1.04 bits per heavy atom. The number of para-hydroxylation sites is 1. The van der Waals surface area contributed by atoms with Gasteiger partial charge in [-0.25, -0.2) is 0 Å². The van der Waals surface area contributed by atoms with E-state index in [1.807, 2.05) is 42.6 Å². The number of fused-ring (bicyclic) bond motifs is 1.